The molecule has 0 heterocycles. The Hall–Kier alpha value is -3.26. The fraction of sp³-hybridized carbons (Fsp3) is 0.571. The molecule has 0 bridgehead atoms. The van der Waals surface area contributed by atoms with Gasteiger partial charge in [0.2, 0.25) is 23.6 Å². The van der Waals surface area contributed by atoms with E-state index in [1.165, 1.54) is 0 Å². The van der Waals surface area contributed by atoms with Crippen LogP contribution in [-0.4, -0.2) is 81.7 Å². The Bertz CT molecular complexity index is 639. The lowest BCUT2D eigenvalue weighted by atomic mass is 10.1. The first-order valence-corrected chi connectivity index (χ1v) is 7.89. The van der Waals surface area contributed by atoms with E-state index in [2.05, 4.69) is 5.32 Å². The van der Waals surface area contributed by atoms with Gasteiger partial charge in [-0.3, -0.25) is 24.0 Å². The quantitative estimate of drug-likeness (QED) is 0.154. The molecule has 0 saturated heterocycles. The zero-order chi connectivity index (χ0) is 22.0. The van der Waals surface area contributed by atoms with Gasteiger partial charge in [-0.1, -0.05) is 0 Å². The van der Waals surface area contributed by atoms with Gasteiger partial charge in [0, 0.05) is 0 Å². The standard InChI is InChI=1S/C14H23N5O9/c1-5(11(24)19-8(14(27)28)2-9(16)21)17-13(26)7(3-10(22)23)18-12(25)6(15)4-20/h5-8,20H,2-4,15H2,1H3,(H2,16,21)(H,17,26)(H,18,25)(H,19,24)(H,22,23)(H,27,28). The number of amides is 4. The van der Waals surface area contributed by atoms with Gasteiger partial charge in [0.15, 0.2) is 0 Å². The second-order valence-electron chi connectivity index (χ2n) is 5.75. The highest BCUT2D eigenvalue weighted by atomic mass is 16.4. The van der Waals surface area contributed by atoms with Crippen LogP contribution in [0.4, 0.5) is 0 Å². The Kier molecular flexibility index (Phi) is 10.1. The molecule has 0 aromatic heterocycles. The second-order valence-corrected chi connectivity index (χ2v) is 5.75. The third-order valence-corrected chi connectivity index (χ3v) is 3.32. The summed E-state index contributed by atoms with van der Waals surface area (Å²) in [6.07, 6.45) is -1.53. The maximum Gasteiger partial charge on any atom is 0.326 e. The molecule has 10 N–H and O–H groups in total. The number of aliphatic hydroxyl groups excluding tert-OH is 1. The molecular weight excluding hydrogens is 382 g/mol. The molecule has 4 atom stereocenters. The van der Waals surface area contributed by atoms with Gasteiger partial charge in [0.1, 0.15) is 24.2 Å². The third-order valence-electron chi connectivity index (χ3n) is 3.32. The molecule has 0 spiro atoms. The molecule has 0 radical (unpaired) electrons. The minimum atomic E-state index is -1.62. The fourth-order valence-electron chi connectivity index (χ4n) is 1.82. The summed E-state index contributed by atoms with van der Waals surface area (Å²) in [5, 5.41) is 32.7. The number of nitrogens with two attached hydrogens (primary N) is 2. The van der Waals surface area contributed by atoms with Gasteiger partial charge in [0.05, 0.1) is 19.4 Å². The fourth-order valence-corrected chi connectivity index (χ4v) is 1.82. The van der Waals surface area contributed by atoms with Crippen LogP contribution in [0.1, 0.15) is 19.8 Å². The number of rotatable bonds is 12. The molecular formula is C14H23N5O9. The van der Waals surface area contributed by atoms with Gasteiger partial charge < -0.3 is 42.7 Å². The van der Waals surface area contributed by atoms with E-state index in [1.807, 2.05) is 10.6 Å². The molecule has 14 nitrogen and oxygen atoms in total. The van der Waals surface area contributed by atoms with Crippen LogP contribution >= 0.6 is 0 Å². The highest BCUT2D eigenvalue weighted by molar-refractivity contribution is 5.96. The van der Waals surface area contributed by atoms with Crippen LogP contribution in [-0.2, 0) is 28.8 Å². The molecule has 158 valence electrons. The first-order chi connectivity index (χ1) is 12.9. The first-order valence-electron chi connectivity index (χ1n) is 7.89. The Labute approximate surface area is 158 Å². The molecule has 0 aliphatic heterocycles. The van der Waals surface area contributed by atoms with Crippen molar-refractivity contribution in [2.45, 2.75) is 43.9 Å². The zero-order valence-electron chi connectivity index (χ0n) is 14.9. The maximum absolute atomic E-state index is 12.2. The lowest BCUT2D eigenvalue weighted by molar-refractivity contribution is -0.144. The number of aliphatic carboxylic acids is 2. The summed E-state index contributed by atoms with van der Waals surface area (Å²) in [4.78, 5) is 68.5. The minimum absolute atomic E-state index is 0.682. The van der Waals surface area contributed by atoms with E-state index >= 15 is 0 Å². The predicted molar refractivity (Wildman–Crippen MR) is 90.2 cm³/mol. The lowest BCUT2D eigenvalue weighted by Gasteiger charge is -2.22. The zero-order valence-corrected chi connectivity index (χ0v) is 14.9. The summed E-state index contributed by atoms with van der Waals surface area (Å²) >= 11 is 0. The molecule has 14 heteroatoms. The topological polar surface area (TPSA) is 251 Å². The molecule has 4 amide bonds. The number of carbonyl (C=O) groups is 6. The van der Waals surface area contributed by atoms with Gasteiger partial charge in [-0.2, -0.15) is 0 Å². The maximum atomic E-state index is 12.2. The van der Waals surface area contributed by atoms with Crippen LogP contribution in [0.3, 0.4) is 0 Å². The number of carboxylic acid groups (broad SMARTS) is 2. The third kappa shape index (κ3) is 8.91. The molecule has 0 aromatic rings. The van der Waals surface area contributed by atoms with Crippen molar-refractivity contribution in [1.29, 1.82) is 0 Å². The number of primary amides is 1. The summed E-state index contributed by atoms with van der Waals surface area (Å²) in [6, 6.07) is -5.97. The molecule has 0 saturated carbocycles. The van der Waals surface area contributed by atoms with Crippen LogP contribution in [0.5, 0.6) is 0 Å². The Morgan fingerprint density at radius 3 is 1.82 bits per heavy atom. The van der Waals surface area contributed by atoms with Gasteiger partial charge >= 0.3 is 11.9 Å². The van der Waals surface area contributed by atoms with Crippen molar-refractivity contribution in [2.24, 2.45) is 11.5 Å². The van der Waals surface area contributed by atoms with Crippen LogP contribution in [0.15, 0.2) is 0 Å². The van der Waals surface area contributed by atoms with Crippen LogP contribution < -0.4 is 27.4 Å². The smallest absolute Gasteiger partial charge is 0.326 e. The molecule has 0 aromatic carbocycles. The molecule has 4 unspecified atom stereocenters. The number of hydrogen-bond donors (Lipinski definition) is 8. The number of nitrogens with one attached hydrogen (secondary N) is 3. The monoisotopic (exact) mass is 405 g/mol. The van der Waals surface area contributed by atoms with E-state index in [0.717, 1.165) is 6.92 Å². The van der Waals surface area contributed by atoms with Crippen molar-refractivity contribution in [3.8, 4) is 0 Å². The van der Waals surface area contributed by atoms with Gasteiger partial charge in [-0.15, -0.1) is 0 Å². The highest BCUT2D eigenvalue weighted by Gasteiger charge is 2.30. The van der Waals surface area contributed by atoms with Crippen molar-refractivity contribution in [2.75, 3.05) is 6.61 Å². The predicted octanol–water partition coefficient (Wildman–Crippen LogP) is -4.78. The number of aliphatic hydroxyl groups is 1. The Morgan fingerprint density at radius 2 is 1.39 bits per heavy atom. The van der Waals surface area contributed by atoms with Crippen molar-refractivity contribution in [3.63, 3.8) is 0 Å². The van der Waals surface area contributed by atoms with Crippen LogP contribution in [0, 0.1) is 0 Å². The average Bonchev–Trinajstić information content (AvgIpc) is 2.58. The normalized spacial score (nSPS) is 14.7. The van der Waals surface area contributed by atoms with E-state index in [1.54, 1.807) is 0 Å². The molecule has 0 fully saturated rings. The van der Waals surface area contributed by atoms with Crippen LogP contribution in [0.25, 0.3) is 0 Å². The summed E-state index contributed by atoms with van der Waals surface area (Å²) in [6.45, 7) is 0.415. The van der Waals surface area contributed by atoms with Gasteiger partial charge in [-0.25, -0.2) is 4.79 Å². The summed E-state index contributed by atoms with van der Waals surface area (Å²) in [5.74, 6) is -7.00. The van der Waals surface area contributed by atoms with E-state index in [0.29, 0.717) is 0 Å². The highest BCUT2D eigenvalue weighted by Crippen LogP contribution is 1.98. The summed E-state index contributed by atoms with van der Waals surface area (Å²) in [5.41, 5.74) is 10.2. The summed E-state index contributed by atoms with van der Waals surface area (Å²) < 4.78 is 0. The van der Waals surface area contributed by atoms with E-state index in [9.17, 15) is 28.8 Å². The lowest BCUT2D eigenvalue weighted by Crippen LogP contribution is -2.57. The second kappa shape index (κ2) is 11.5. The van der Waals surface area contributed by atoms with Crippen molar-refractivity contribution in [3.05, 3.63) is 0 Å². The largest absolute Gasteiger partial charge is 0.481 e. The first kappa shape index (κ1) is 24.7. The van der Waals surface area contributed by atoms with E-state index in [4.69, 9.17) is 26.8 Å². The average molecular weight is 405 g/mol. The number of carbonyl (C=O) groups excluding carboxylic acids is 4. The Morgan fingerprint density at radius 1 is 0.857 bits per heavy atom. The van der Waals surface area contributed by atoms with Crippen molar-refractivity contribution < 1.29 is 44.1 Å². The number of carboxylic acids is 2. The molecule has 0 aliphatic rings. The molecule has 0 rings (SSSR count). The Balaban J connectivity index is 5.05. The van der Waals surface area contributed by atoms with E-state index in [-0.39, 0.29) is 0 Å². The van der Waals surface area contributed by atoms with Crippen LogP contribution in [0.2, 0.25) is 0 Å². The van der Waals surface area contributed by atoms with Crippen molar-refractivity contribution >= 4 is 35.6 Å². The number of hydrogen-bond acceptors (Lipinski definition) is 8. The minimum Gasteiger partial charge on any atom is -0.481 e. The molecule has 0 aliphatic carbocycles. The van der Waals surface area contributed by atoms with Gasteiger partial charge in [-0.05, 0) is 6.92 Å². The summed E-state index contributed by atoms with van der Waals surface area (Å²) in [7, 11) is 0. The van der Waals surface area contributed by atoms with E-state index < -0.39 is 79.2 Å². The molecule has 28 heavy (non-hydrogen) atoms. The van der Waals surface area contributed by atoms with Crippen molar-refractivity contribution in [1.82, 2.24) is 16.0 Å². The SMILES string of the molecule is CC(NC(=O)C(CC(=O)O)NC(=O)C(N)CO)C(=O)NC(CC(N)=O)C(=O)O. The van der Waals surface area contributed by atoms with Gasteiger partial charge in [0.25, 0.3) is 0 Å².